The molecule has 0 radical (unpaired) electrons. The molecule has 5 heteroatoms. The number of allylic oxidation sites excluding steroid dienone is 1. The maximum absolute atomic E-state index is 13.2. The molecule has 0 bridgehead atoms. The largest absolute Gasteiger partial charge is 0.426 e. The second kappa shape index (κ2) is 7.24. The van der Waals surface area contributed by atoms with Gasteiger partial charge in [-0.1, -0.05) is 12.5 Å². The van der Waals surface area contributed by atoms with E-state index < -0.39 is 17.7 Å². The first kappa shape index (κ1) is 20.6. The first-order valence-electron chi connectivity index (χ1n) is 11.3. The van der Waals surface area contributed by atoms with Gasteiger partial charge in [0.1, 0.15) is 0 Å². The summed E-state index contributed by atoms with van der Waals surface area (Å²) in [6.45, 7) is 7.27. The third kappa shape index (κ3) is 3.25. The average Bonchev–Trinajstić information content (AvgIpc) is 2.93. The zero-order chi connectivity index (χ0) is 21.0. The smallest absolute Gasteiger partial charge is 0.315 e. The molecular weight excluding hydrogens is 368 g/mol. The van der Waals surface area contributed by atoms with Crippen LogP contribution in [0, 0.1) is 34.5 Å². The summed E-state index contributed by atoms with van der Waals surface area (Å²) in [5, 5.41) is 0. The molecule has 5 nitrogen and oxygen atoms in total. The van der Waals surface area contributed by atoms with Crippen molar-refractivity contribution in [1.29, 1.82) is 0 Å². The molecule has 4 aliphatic carbocycles. The fourth-order valence-electron chi connectivity index (χ4n) is 7.32. The van der Waals surface area contributed by atoms with Crippen LogP contribution in [-0.2, 0) is 23.9 Å². The highest BCUT2D eigenvalue weighted by molar-refractivity contribution is 5.91. The molecule has 0 spiro atoms. The Morgan fingerprint density at radius 2 is 1.79 bits per heavy atom. The van der Waals surface area contributed by atoms with Gasteiger partial charge in [-0.3, -0.25) is 14.4 Å². The van der Waals surface area contributed by atoms with Crippen molar-refractivity contribution >= 4 is 17.7 Å². The van der Waals surface area contributed by atoms with Gasteiger partial charge in [-0.25, -0.2) is 0 Å². The molecule has 4 rings (SSSR count). The quantitative estimate of drug-likeness (QED) is 0.510. The van der Waals surface area contributed by atoms with Gasteiger partial charge in [-0.15, -0.1) is 0 Å². The summed E-state index contributed by atoms with van der Waals surface area (Å²) in [5.41, 5.74) is 0.754. The van der Waals surface area contributed by atoms with E-state index in [0.717, 1.165) is 44.9 Å². The van der Waals surface area contributed by atoms with Gasteiger partial charge >= 0.3 is 11.9 Å². The third-order valence-electron chi connectivity index (χ3n) is 8.96. The zero-order valence-electron chi connectivity index (χ0n) is 18.2. The highest BCUT2D eigenvalue weighted by atomic mass is 16.7. The second-order valence-corrected chi connectivity index (χ2v) is 10.2. The van der Waals surface area contributed by atoms with Crippen LogP contribution in [0.15, 0.2) is 11.6 Å². The van der Waals surface area contributed by atoms with E-state index in [4.69, 9.17) is 9.47 Å². The van der Waals surface area contributed by atoms with E-state index in [1.54, 1.807) is 6.92 Å². The summed E-state index contributed by atoms with van der Waals surface area (Å²) in [7, 11) is 0. The zero-order valence-corrected chi connectivity index (χ0v) is 18.2. The Hall–Kier alpha value is -1.65. The summed E-state index contributed by atoms with van der Waals surface area (Å²) in [6.07, 6.45) is 8.98. The lowest BCUT2D eigenvalue weighted by molar-refractivity contribution is -0.197. The van der Waals surface area contributed by atoms with E-state index in [1.807, 2.05) is 6.08 Å². The molecule has 0 aromatic heterocycles. The number of carbonyl (C=O) groups is 3. The van der Waals surface area contributed by atoms with Crippen LogP contribution >= 0.6 is 0 Å². The van der Waals surface area contributed by atoms with Crippen LogP contribution in [0.2, 0.25) is 0 Å². The lowest BCUT2D eigenvalue weighted by atomic mass is 9.49. The first-order valence-corrected chi connectivity index (χ1v) is 11.3. The Morgan fingerprint density at radius 3 is 2.52 bits per heavy atom. The van der Waals surface area contributed by atoms with E-state index in [-0.39, 0.29) is 11.4 Å². The molecular formula is C24H34O5. The predicted octanol–water partition coefficient (Wildman–Crippen LogP) is 4.59. The van der Waals surface area contributed by atoms with Crippen molar-refractivity contribution in [3.8, 4) is 0 Å². The highest BCUT2D eigenvalue weighted by Crippen LogP contribution is 2.68. The monoisotopic (exact) mass is 402 g/mol. The van der Waals surface area contributed by atoms with E-state index in [0.29, 0.717) is 35.9 Å². The molecule has 0 aromatic rings. The van der Waals surface area contributed by atoms with Crippen molar-refractivity contribution in [2.75, 3.05) is 0 Å². The predicted molar refractivity (Wildman–Crippen MR) is 108 cm³/mol. The number of rotatable bonds is 3. The summed E-state index contributed by atoms with van der Waals surface area (Å²) >= 11 is 0. The van der Waals surface area contributed by atoms with Gasteiger partial charge in [-0.05, 0) is 87.0 Å². The van der Waals surface area contributed by atoms with Crippen LogP contribution in [0.1, 0.15) is 79.1 Å². The van der Waals surface area contributed by atoms with Crippen molar-refractivity contribution < 1.29 is 23.9 Å². The molecule has 4 aliphatic rings. The topological polar surface area (TPSA) is 69.7 Å². The number of ether oxygens (including phenoxy) is 2. The summed E-state index contributed by atoms with van der Waals surface area (Å²) in [5.74, 6) is 2.00. The molecule has 0 aromatic carbocycles. The Bertz CT molecular complexity index is 754. The van der Waals surface area contributed by atoms with Gasteiger partial charge in [0.05, 0.1) is 5.41 Å². The minimum atomic E-state index is -0.849. The van der Waals surface area contributed by atoms with Gasteiger partial charge in [-0.2, -0.15) is 0 Å². The van der Waals surface area contributed by atoms with Gasteiger partial charge in [0, 0.05) is 20.3 Å². The minimum absolute atomic E-state index is 0.0904. The normalized spacial score (nSPS) is 42.1. The molecule has 0 N–H and O–H groups in total. The molecule has 160 valence electrons. The minimum Gasteiger partial charge on any atom is -0.426 e. The molecule has 3 fully saturated rings. The Balaban J connectivity index is 1.53. The lowest BCUT2D eigenvalue weighted by Crippen LogP contribution is -2.52. The molecule has 7 unspecified atom stereocenters. The number of fused-ring (bicyclic) bond motifs is 5. The van der Waals surface area contributed by atoms with E-state index in [9.17, 15) is 14.4 Å². The van der Waals surface area contributed by atoms with Crippen molar-refractivity contribution in [2.45, 2.75) is 85.4 Å². The summed E-state index contributed by atoms with van der Waals surface area (Å²) in [4.78, 5) is 36.2. The summed E-state index contributed by atoms with van der Waals surface area (Å²) < 4.78 is 10.6. The second-order valence-electron chi connectivity index (χ2n) is 10.2. The molecule has 0 amide bonds. The lowest BCUT2D eigenvalue weighted by Gasteiger charge is -2.55. The molecule has 0 saturated heterocycles. The van der Waals surface area contributed by atoms with Gasteiger partial charge in [0.15, 0.2) is 5.78 Å². The van der Waals surface area contributed by atoms with Gasteiger partial charge in [0.25, 0.3) is 0 Å². The molecule has 7 atom stereocenters. The van der Waals surface area contributed by atoms with E-state index in [2.05, 4.69) is 13.8 Å². The van der Waals surface area contributed by atoms with Crippen LogP contribution in [0.3, 0.4) is 0 Å². The number of esters is 2. The number of ketones is 1. The fourth-order valence-corrected chi connectivity index (χ4v) is 7.32. The molecule has 3 saturated carbocycles. The van der Waals surface area contributed by atoms with Crippen LogP contribution in [0.4, 0.5) is 0 Å². The van der Waals surface area contributed by atoms with Crippen molar-refractivity contribution in [1.82, 2.24) is 0 Å². The maximum Gasteiger partial charge on any atom is 0.315 e. The fraction of sp³-hybridized carbons (Fsp3) is 0.792. The Morgan fingerprint density at radius 1 is 1.03 bits per heavy atom. The van der Waals surface area contributed by atoms with Crippen molar-refractivity contribution in [3.05, 3.63) is 11.6 Å². The highest BCUT2D eigenvalue weighted by Gasteiger charge is 2.64. The maximum atomic E-state index is 13.2. The standard InChI is InChI=1S/C24H34O5/c1-14(25)28-15(2)29-22(27)24(4)12-10-21-20-7-5-16-13-17(26)6-8-18(16)19(20)9-11-23(21,24)3/h13,15,18-21H,5-12H2,1-4H3. The Kier molecular flexibility index (Phi) is 5.15. The summed E-state index contributed by atoms with van der Waals surface area (Å²) in [6, 6.07) is 0. The van der Waals surface area contributed by atoms with E-state index in [1.165, 1.54) is 12.5 Å². The van der Waals surface area contributed by atoms with E-state index >= 15 is 0 Å². The third-order valence-corrected chi connectivity index (χ3v) is 8.96. The Labute approximate surface area is 173 Å². The van der Waals surface area contributed by atoms with Crippen LogP contribution in [-0.4, -0.2) is 24.0 Å². The number of hydrogen-bond acceptors (Lipinski definition) is 5. The van der Waals surface area contributed by atoms with Crippen LogP contribution < -0.4 is 0 Å². The average molecular weight is 403 g/mol. The number of hydrogen-bond donors (Lipinski definition) is 0. The first-order chi connectivity index (χ1) is 13.7. The van der Waals surface area contributed by atoms with Crippen LogP contribution in [0.25, 0.3) is 0 Å². The number of carbonyl (C=O) groups excluding carboxylic acids is 3. The molecule has 29 heavy (non-hydrogen) atoms. The van der Waals surface area contributed by atoms with Gasteiger partial charge in [0.2, 0.25) is 6.29 Å². The van der Waals surface area contributed by atoms with Gasteiger partial charge < -0.3 is 9.47 Å². The molecule has 0 aliphatic heterocycles. The van der Waals surface area contributed by atoms with Crippen molar-refractivity contribution in [2.24, 2.45) is 34.5 Å². The van der Waals surface area contributed by atoms with Crippen molar-refractivity contribution in [3.63, 3.8) is 0 Å². The van der Waals surface area contributed by atoms with Crippen LogP contribution in [0.5, 0.6) is 0 Å². The molecule has 0 heterocycles. The SMILES string of the molecule is CC(=O)OC(C)OC(=O)C1(C)CCC2C3CCC4=CC(=O)CCC4C3CCC21C.